The molecule has 4 heterocycles. The van der Waals surface area contributed by atoms with Gasteiger partial charge in [0.25, 0.3) is 5.56 Å². The fourth-order valence-electron chi connectivity index (χ4n) is 3.43. The number of rotatable bonds is 4. The molecule has 3 aromatic heterocycles. The predicted molar refractivity (Wildman–Crippen MR) is 87.6 cm³/mol. The van der Waals surface area contributed by atoms with Gasteiger partial charge in [-0.2, -0.15) is 0 Å². The molecule has 1 aliphatic rings. The third kappa shape index (κ3) is 2.61. The number of H-pyrrole nitrogens is 1. The van der Waals surface area contributed by atoms with E-state index in [0.29, 0.717) is 18.2 Å². The fourth-order valence-corrected chi connectivity index (χ4v) is 3.43. The van der Waals surface area contributed by atoms with Crippen LogP contribution < -0.4 is 5.56 Å². The van der Waals surface area contributed by atoms with E-state index in [0.717, 1.165) is 18.8 Å². The highest BCUT2D eigenvalue weighted by atomic mass is 16.1. The quantitative estimate of drug-likeness (QED) is 0.701. The lowest BCUT2D eigenvalue weighted by Crippen LogP contribution is -2.36. The Kier molecular flexibility index (Phi) is 3.66. The lowest BCUT2D eigenvalue weighted by molar-refractivity contribution is 0.237. The van der Waals surface area contributed by atoms with Crippen LogP contribution in [0.3, 0.4) is 0 Å². The number of likely N-dealkylation sites (tertiary alicyclic amines) is 1. The predicted octanol–water partition coefficient (Wildman–Crippen LogP) is -0.399. The highest BCUT2D eigenvalue weighted by molar-refractivity contribution is 5.36. The molecule has 9 heteroatoms. The van der Waals surface area contributed by atoms with Crippen molar-refractivity contribution in [3.63, 3.8) is 0 Å². The van der Waals surface area contributed by atoms with Crippen LogP contribution in [-0.2, 0) is 6.54 Å². The normalized spacial score (nSPS) is 22.0. The molecule has 1 saturated heterocycles. The van der Waals surface area contributed by atoms with Gasteiger partial charge in [-0.25, -0.2) is 14.2 Å². The summed E-state index contributed by atoms with van der Waals surface area (Å²) in [4.78, 5) is 21.2. The highest BCUT2D eigenvalue weighted by Gasteiger charge is 2.36. The average Bonchev–Trinajstić information content (AvgIpc) is 3.27. The van der Waals surface area contributed by atoms with Crippen LogP contribution in [0.15, 0.2) is 35.5 Å². The van der Waals surface area contributed by atoms with Gasteiger partial charge < -0.3 is 4.90 Å². The maximum atomic E-state index is 12.1. The van der Waals surface area contributed by atoms with Gasteiger partial charge in [-0.1, -0.05) is 5.21 Å². The molecule has 4 rings (SSSR count). The summed E-state index contributed by atoms with van der Waals surface area (Å²) >= 11 is 0. The van der Waals surface area contributed by atoms with Crippen LogP contribution in [0, 0.1) is 0 Å². The van der Waals surface area contributed by atoms with Gasteiger partial charge in [0.1, 0.15) is 0 Å². The second-order valence-corrected chi connectivity index (χ2v) is 6.42. The maximum absolute atomic E-state index is 12.1. The van der Waals surface area contributed by atoms with E-state index in [1.807, 2.05) is 10.9 Å². The van der Waals surface area contributed by atoms with E-state index in [9.17, 15) is 4.79 Å². The van der Waals surface area contributed by atoms with Crippen LogP contribution in [0.1, 0.15) is 11.7 Å². The van der Waals surface area contributed by atoms with E-state index in [4.69, 9.17) is 0 Å². The number of nitrogens with zero attached hydrogens (tertiary/aromatic N) is 7. The van der Waals surface area contributed by atoms with E-state index in [1.54, 1.807) is 24.5 Å². The second kappa shape index (κ2) is 5.84. The van der Waals surface area contributed by atoms with Crippen molar-refractivity contribution >= 4 is 5.65 Å². The molecule has 0 aliphatic carbocycles. The summed E-state index contributed by atoms with van der Waals surface area (Å²) in [6.07, 6.45) is 5.32. The van der Waals surface area contributed by atoms with Crippen molar-refractivity contribution in [2.45, 2.75) is 18.6 Å². The molecule has 1 fully saturated rings. The Morgan fingerprint density at radius 3 is 3.00 bits per heavy atom. The lowest BCUT2D eigenvalue weighted by atomic mass is 10.1. The largest absolute Gasteiger partial charge is 0.303 e. The molecule has 0 radical (unpaired) electrons. The van der Waals surface area contributed by atoms with Crippen LogP contribution >= 0.6 is 0 Å². The van der Waals surface area contributed by atoms with E-state index in [2.05, 4.69) is 44.3 Å². The minimum atomic E-state index is -0.0869. The molecule has 1 N–H and O–H groups in total. The second-order valence-electron chi connectivity index (χ2n) is 6.42. The third-order valence-electron chi connectivity index (χ3n) is 4.60. The first-order valence-electron chi connectivity index (χ1n) is 7.92. The maximum Gasteiger partial charge on any atom is 0.272 e. The summed E-state index contributed by atoms with van der Waals surface area (Å²) in [5, 5.41) is 10.9. The zero-order valence-corrected chi connectivity index (χ0v) is 13.7. The van der Waals surface area contributed by atoms with Crippen molar-refractivity contribution < 1.29 is 0 Å². The van der Waals surface area contributed by atoms with Gasteiger partial charge in [-0.3, -0.25) is 14.8 Å². The van der Waals surface area contributed by atoms with Gasteiger partial charge >= 0.3 is 0 Å². The Morgan fingerprint density at radius 1 is 1.38 bits per heavy atom. The van der Waals surface area contributed by atoms with Gasteiger partial charge in [-0.05, 0) is 14.1 Å². The van der Waals surface area contributed by atoms with Crippen molar-refractivity contribution in [2.24, 2.45) is 0 Å². The van der Waals surface area contributed by atoms with E-state index in [1.165, 1.54) is 4.52 Å². The molecule has 1 aliphatic heterocycles. The SMILES string of the molecule is CN(C)[C@@H]1CN(Cc2cc(=O)n3[nH]ccc3n2)C[C@@H]1n1ccnn1. The van der Waals surface area contributed by atoms with E-state index < -0.39 is 0 Å². The number of fused-ring (bicyclic) bond motifs is 1. The number of hydrogen-bond donors (Lipinski definition) is 1. The number of hydrogen-bond acceptors (Lipinski definition) is 6. The Balaban J connectivity index is 1.57. The number of likely N-dealkylation sites (N-methyl/N-ethyl adjacent to an activating group) is 1. The summed E-state index contributed by atoms with van der Waals surface area (Å²) in [7, 11) is 4.16. The van der Waals surface area contributed by atoms with Crippen LogP contribution in [0.5, 0.6) is 0 Å². The van der Waals surface area contributed by atoms with Gasteiger partial charge in [0, 0.05) is 50.2 Å². The number of aromatic nitrogens is 6. The van der Waals surface area contributed by atoms with Gasteiger partial charge in [-0.15, -0.1) is 5.10 Å². The Hall–Kier alpha value is -2.52. The van der Waals surface area contributed by atoms with Crippen LogP contribution in [0.2, 0.25) is 0 Å². The number of aromatic amines is 1. The monoisotopic (exact) mass is 328 g/mol. The Morgan fingerprint density at radius 2 is 2.25 bits per heavy atom. The van der Waals surface area contributed by atoms with Crippen LogP contribution in [-0.4, -0.2) is 72.6 Å². The molecule has 0 aromatic carbocycles. The molecule has 2 atom stereocenters. The molecule has 24 heavy (non-hydrogen) atoms. The van der Waals surface area contributed by atoms with Gasteiger partial charge in [0.15, 0.2) is 5.65 Å². The Labute approximate surface area is 138 Å². The third-order valence-corrected chi connectivity index (χ3v) is 4.60. The molecule has 0 amide bonds. The first kappa shape index (κ1) is 15.0. The van der Waals surface area contributed by atoms with Gasteiger partial charge in [0.05, 0.1) is 17.9 Å². The summed E-state index contributed by atoms with van der Waals surface area (Å²) in [5.41, 5.74) is 1.35. The summed E-state index contributed by atoms with van der Waals surface area (Å²) in [6.45, 7) is 2.39. The van der Waals surface area contributed by atoms with E-state index >= 15 is 0 Å². The molecule has 0 spiro atoms. The molecule has 126 valence electrons. The summed E-state index contributed by atoms with van der Waals surface area (Å²) in [5.74, 6) is 0. The fraction of sp³-hybridized carbons (Fsp3) is 0.467. The molecule has 3 aromatic rings. The minimum absolute atomic E-state index is 0.0869. The first-order valence-corrected chi connectivity index (χ1v) is 7.92. The molecular weight excluding hydrogens is 308 g/mol. The zero-order chi connectivity index (χ0) is 16.7. The van der Waals surface area contributed by atoms with Crippen molar-refractivity contribution in [1.82, 2.24) is 39.4 Å². The van der Waals surface area contributed by atoms with Crippen LogP contribution in [0.4, 0.5) is 0 Å². The van der Waals surface area contributed by atoms with Crippen molar-refractivity contribution in [3.05, 3.63) is 46.8 Å². The number of nitrogens with one attached hydrogen (secondary N) is 1. The van der Waals surface area contributed by atoms with Crippen molar-refractivity contribution in [2.75, 3.05) is 27.2 Å². The Bertz CT molecular complexity index is 880. The first-order chi connectivity index (χ1) is 11.6. The molecule has 9 nitrogen and oxygen atoms in total. The lowest BCUT2D eigenvalue weighted by Gasteiger charge is -2.24. The molecular formula is C15H20N8O. The van der Waals surface area contributed by atoms with Crippen molar-refractivity contribution in [3.8, 4) is 0 Å². The molecule has 0 bridgehead atoms. The van der Waals surface area contributed by atoms with Crippen LogP contribution in [0.25, 0.3) is 5.65 Å². The topological polar surface area (TPSA) is 87.4 Å². The summed E-state index contributed by atoms with van der Waals surface area (Å²) < 4.78 is 3.36. The summed E-state index contributed by atoms with van der Waals surface area (Å²) in [6, 6.07) is 3.97. The smallest absolute Gasteiger partial charge is 0.272 e. The van der Waals surface area contributed by atoms with Crippen molar-refractivity contribution in [1.29, 1.82) is 0 Å². The van der Waals surface area contributed by atoms with E-state index in [-0.39, 0.29) is 11.6 Å². The highest BCUT2D eigenvalue weighted by Crippen LogP contribution is 2.25. The standard InChI is InChI=1S/C15H20N8O/c1-20(2)12-9-21(10-13(12)22-6-5-16-19-22)8-11-7-15(24)23-14(18-11)3-4-17-23/h3-7,12-13,17H,8-10H2,1-2H3/t12-,13+/m1/s1. The van der Waals surface area contributed by atoms with Gasteiger partial charge in [0.2, 0.25) is 0 Å². The molecule has 0 saturated carbocycles. The zero-order valence-electron chi connectivity index (χ0n) is 13.7. The minimum Gasteiger partial charge on any atom is -0.303 e. The average molecular weight is 328 g/mol. The molecule has 0 unspecified atom stereocenters.